The fourth-order valence-corrected chi connectivity index (χ4v) is 8.61. The fraction of sp³-hybridized carbons (Fsp3) is 0.645. The number of hydrogen-bond acceptors (Lipinski definition) is 6. The zero-order valence-corrected chi connectivity index (χ0v) is 23.0. The molecule has 3 saturated carbocycles. The molecule has 0 heterocycles. The number of nitrogens with one attached hydrogen (secondary N) is 1. The number of fused-ring (bicyclic) bond motifs is 5. The van der Waals surface area contributed by atoms with Crippen molar-refractivity contribution in [3.05, 3.63) is 35.4 Å². The molecule has 4 aliphatic rings. The Labute approximate surface area is 225 Å². The van der Waals surface area contributed by atoms with Crippen LogP contribution in [-0.2, 0) is 20.8 Å². The first-order chi connectivity index (χ1) is 18.1. The average molecular weight is 523 g/mol. The van der Waals surface area contributed by atoms with E-state index in [2.05, 4.69) is 30.4 Å². The molecule has 1 amide bonds. The van der Waals surface area contributed by atoms with E-state index in [1.807, 2.05) is 0 Å². The van der Waals surface area contributed by atoms with E-state index in [4.69, 9.17) is 4.84 Å². The molecule has 7 nitrogen and oxygen atoms in total. The lowest BCUT2D eigenvalue weighted by atomic mass is 9.46. The highest BCUT2D eigenvalue weighted by Gasteiger charge is 2.59. The number of aromatic hydroxyl groups is 2. The number of hydrogen-bond donors (Lipinski definition) is 3. The summed E-state index contributed by atoms with van der Waals surface area (Å²) < 4.78 is 0. The normalized spacial score (nSPS) is 35.0. The monoisotopic (exact) mass is 522 g/mol. The summed E-state index contributed by atoms with van der Waals surface area (Å²) in [4.78, 5) is 30.0. The third-order valence-electron chi connectivity index (χ3n) is 10.6. The molecule has 3 N–H and O–H groups in total. The van der Waals surface area contributed by atoms with Gasteiger partial charge >= 0.3 is 0 Å². The summed E-state index contributed by atoms with van der Waals surface area (Å²) in [6, 6.07) is 4.64. The molecule has 4 unspecified atom stereocenters. The van der Waals surface area contributed by atoms with Crippen molar-refractivity contribution in [2.75, 3.05) is 13.2 Å². The van der Waals surface area contributed by atoms with Crippen LogP contribution in [0.4, 0.5) is 0 Å². The summed E-state index contributed by atoms with van der Waals surface area (Å²) >= 11 is 0. The van der Waals surface area contributed by atoms with E-state index < -0.39 is 0 Å². The Morgan fingerprint density at radius 3 is 2.63 bits per heavy atom. The van der Waals surface area contributed by atoms with Gasteiger partial charge in [-0.1, -0.05) is 30.6 Å². The molecule has 206 valence electrons. The second-order valence-electron chi connectivity index (χ2n) is 12.6. The predicted octanol–water partition coefficient (Wildman–Crippen LogP) is 5.30. The lowest BCUT2D eigenvalue weighted by Gasteiger charge is -2.58. The maximum absolute atomic E-state index is 12.4. The number of ketones is 1. The minimum Gasteiger partial charge on any atom is -0.504 e. The number of oxime groups is 1. The van der Waals surface area contributed by atoms with Crippen LogP contribution in [0.3, 0.4) is 0 Å². The van der Waals surface area contributed by atoms with Crippen molar-refractivity contribution in [1.82, 2.24) is 5.32 Å². The van der Waals surface area contributed by atoms with Gasteiger partial charge in [-0.2, -0.15) is 0 Å². The topological polar surface area (TPSA) is 108 Å². The number of nitrogens with zero attached hydrogens (tertiary/aromatic N) is 1. The van der Waals surface area contributed by atoms with Crippen molar-refractivity contribution >= 4 is 17.4 Å². The number of amides is 1. The fourth-order valence-electron chi connectivity index (χ4n) is 8.61. The molecule has 0 aromatic heterocycles. The number of phenols is 2. The van der Waals surface area contributed by atoms with Crippen molar-refractivity contribution < 1.29 is 24.6 Å². The molecule has 1 aromatic carbocycles. The van der Waals surface area contributed by atoms with Gasteiger partial charge in [0.1, 0.15) is 5.78 Å². The first kappa shape index (κ1) is 26.8. The molecule has 3 fully saturated rings. The minimum absolute atomic E-state index is 0.132. The Morgan fingerprint density at radius 1 is 1.05 bits per heavy atom. The Kier molecular flexibility index (Phi) is 7.31. The van der Waals surface area contributed by atoms with E-state index in [1.54, 1.807) is 13.0 Å². The van der Waals surface area contributed by atoms with E-state index in [1.165, 1.54) is 43.4 Å². The molecular weight excluding hydrogens is 480 g/mol. The number of Topliss-reactive ketones (excluding diaryl/α,β-unsaturated/α-hetero) is 1. The summed E-state index contributed by atoms with van der Waals surface area (Å²) in [6.07, 6.45) is 11.6. The minimum atomic E-state index is -0.239. The van der Waals surface area contributed by atoms with Crippen molar-refractivity contribution in [1.29, 1.82) is 0 Å². The van der Waals surface area contributed by atoms with Gasteiger partial charge in [0.2, 0.25) is 0 Å². The smallest absolute Gasteiger partial charge is 0.260 e. The molecule has 38 heavy (non-hydrogen) atoms. The highest BCUT2D eigenvalue weighted by Crippen LogP contribution is 2.66. The van der Waals surface area contributed by atoms with Crippen LogP contribution in [0.5, 0.6) is 11.5 Å². The Morgan fingerprint density at radius 2 is 1.87 bits per heavy atom. The van der Waals surface area contributed by atoms with E-state index >= 15 is 0 Å². The zero-order valence-electron chi connectivity index (χ0n) is 23.0. The number of allylic oxidation sites excluding steroid dienone is 2. The third-order valence-corrected chi connectivity index (χ3v) is 10.6. The number of phenolic OH excluding ortho intramolecular Hbond substituents is 2. The molecule has 0 radical (unpaired) electrons. The number of rotatable bonds is 7. The van der Waals surface area contributed by atoms with Crippen molar-refractivity contribution in [2.45, 2.75) is 78.6 Å². The van der Waals surface area contributed by atoms with Crippen LogP contribution >= 0.6 is 0 Å². The maximum atomic E-state index is 12.4. The Balaban J connectivity index is 1.14. The van der Waals surface area contributed by atoms with Crippen molar-refractivity contribution in [3.63, 3.8) is 0 Å². The van der Waals surface area contributed by atoms with Gasteiger partial charge in [-0.3, -0.25) is 9.59 Å². The summed E-state index contributed by atoms with van der Waals surface area (Å²) in [7, 11) is 0. The molecule has 0 aliphatic heterocycles. The Hall–Kier alpha value is -2.83. The largest absolute Gasteiger partial charge is 0.504 e. The highest BCUT2D eigenvalue weighted by atomic mass is 16.6. The van der Waals surface area contributed by atoms with E-state index in [0.717, 1.165) is 37.0 Å². The van der Waals surface area contributed by atoms with Crippen molar-refractivity contribution in [2.24, 2.45) is 39.7 Å². The van der Waals surface area contributed by atoms with Gasteiger partial charge in [-0.15, -0.1) is 0 Å². The quantitative estimate of drug-likeness (QED) is 0.333. The highest BCUT2D eigenvalue weighted by molar-refractivity contribution is 5.96. The zero-order chi connectivity index (χ0) is 27.1. The van der Waals surface area contributed by atoms with E-state index in [0.29, 0.717) is 36.5 Å². The molecular formula is C31H42N2O5. The third kappa shape index (κ3) is 4.85. The lowest BCUT2D eigenvalue weighted by molar-refractivity contribution is -0.128. The van der Waals surface area contributed by atoms with Crippen LogP contribution in [0.15, 0.2) is 35.0 Å². The van der Waals surface area contributed by atoms with Crippen LogP contribution < -0.4 is 5.32 Å². The molecule has 5 rings (SSSR count). The van der Waals surface area contributed by atoms with Crippen molar-refractivity contribution in [3.8, 4) is 11.5 Å². The van der Waals surface area contributed by atoms with Crippen LogP contribution in [-0.4, -0.2) is 40.8 Å². The summed E-state index contributed by atoms with van der Waals surface area (Å²) in [5.41, 5.74) is 3.60. The second-order valence-corrected chi connectivity index (χ2v) is 12.6. The lowest BCUT2D eigenvalue weighted by Crippen LogP contribution is -2.51. The molecule has 0 spiro atoms. The van der Waals surface area contributed by atoms with Crippen LogP contribution in [0.25, 0.3) is 0 Å². The summed E-state index contributed by atoms with van der Waals surface area (Å²) in [5, 5.41) is 26.1. The van der Waals surface area contributed by atoms with Gasteiger partial charge in [0, 0.05) is 12.5 Å². The standard InChI is InChI=1S/C31H42N2O5/c1-19(34)24-7-8-25-23-6-5-21-17-22(10-13-30(21,2)26(23)11-14-31(24,25)3)33-38-18-29(37)32-15-12-20-4-9-27(35)28(36)16-20/h4,9,16-17,23-26,35-36H,5-8,10-15,18H2,1-3H3,(H,32,37)/b33-22-/t23?,24?,25?,26?,30-,31+/m0/s1. The van der Waals surface area contributed by atoms with Gasteiger partial charge < -0.3 is 20.4 Å². The molecule has 0 bridgehead atoms. The van der Waals surface area contributed by atoms with Gasteiger partial charge in [0.15, 0.2) is 18.1 Å². The van der Waals surface area contributed by atoms with Gasteiger partial charge in [0.25, 0.3) is 5.91 Å². The first-order valence-corrected chi connectivity index (χ1v) is 14.3. The first-order valence-electron chi connectivity index (χ1n) is 14.3. The van der Waals surface area contributed by atoms with E-state index in [9.17, 15) is 19.8 Å². The van der Waals surface area contributed by atoms with Gasteiger partial charge in [0.05, 0.1) is 5.71 Å². The predicted molar refractivity (Wildman–Crippen MR) is 146 cm³/mol. The Bertz CT molecular complexity index is 1160. The molecule has 6 atom stereocenters. The second kappa shape index (κ2) is 10.4. The van der Waals surface area contributed by atoms with Gasteiger partial charge in [-0.05, 0) is 117 Å². The summed E-state index contributed by atoms with van der Waals surface area (Å²) in [6.45, 7) is 6.92. The molecule has 0 saturated heterocycles. The average Bonchev–Trinajstić information content (AvgIpc) is 3.24. The van der Waals surface area contributed by atoms with Gasteiger partial charge in [-0.25, -0.2) is 0 Å². The SMILES string of the molecule is CC(=O)C1CCC2C3CCC4=C/C(=N\OCC(=O)NCCc5ccc(O)c(O)c5)CC[C@]4(C)C3CC[C@]12C. The number of benzene rings is 1. The van der Waals surface area contributed by atoms with Crippen LogP contribution in [0, 0.1) is 34.5 Å². The molecule has 1 aromatic rings. The molecule has 7 heteroatoms. The number of carbonyl (C=O) groups is 2. The van der Waals surface area contributed by atoms with E-state index in [-0.39, 0.29) is 40.8 Å². The van der Waals surface area contributed by atoms with Crippen LogP contribution in [0.2, 0.25) is 0 Å². The summed E-state index contributed by atoms with van der Waals surface area (Å²) in [5.74, 6) is 2.14. The number of carbonyl (C=O) groups excluding carboxylic acids is 2. The maximum Gasteiger partial charge on any atom is 0.260 e. The molecule has 4 aliphatic carbocycles. The van der Waals surface area contributed by atoms with Crippen LogP contribution in [0.1, 0.15) is 77.7 Å².